The fourth-order valence-corrected chi connectivity index (χ4v) is 2.26. The molecule has 0 aromatic heterocycles. The van der Waals surface area contributed by atoms with Gasteiger partial charge in [-0.1, -0.05) is 13.3 Å². The molecule has 0 aromatic carbocycles. The van der Waals surface area contributed by atoms with Gasteiger partial charge in [-0.3, -0.25) is 4.79 Å². The number of carbonyl (C=O) groups is 1. The van der Waals surface area contributed by atoms with E-state index in [0.717, 1.165) is 45.4 Å². The molecular weight excluding hydrogens is 228 g/mol. The minimum atomic E-state index is -0.104. The molecule has 0 saturated carbocycles. The Morgan fingerprint density at radius 2 is 2.00 bits per heavy atom. The molecule has 0 bridgehead atoms. The van der Waals surface area contributed by atoms with Crippen molar-refractivity contribution in [2.24, 2.45) is 5.92 Å². The van der Waals surface area contributed by atoms with E-state index in [4.69, 9.17) is 4.74 Å². The van der Waals surface area contributed by atoms with Crippen LogP contribution in [-0.2, 0) is 9.53 Å². The molecule has 1 saturated heterocycles. The van der Waals surface area contributed by atoms with Crippen molar-refractivity contribution in [2.75, 3.05) is 19.8 Å². The number of hydrogen-bond donors (Lipinski definition) is 2. The highest BCUT2D eigenvalue weighted by molar-refractivity contribution is 5.81. The Morgan fingerprint density at radius 3 is 2.61 bits per heavy atom. The van der Waals surface area contributed by atoms with Gasteiger partial charge in [0.15, 0.2) is 0 Å². The van der Waals surface area contributed by atoms with Gasteiger partial charge in [0.05, 0.1) is 6.04 Å². The van der Waals surface area contributed by atoms with Gasteiger partial charge >= 0.3 is 0 Å². The predicted molar refractivity (Wildman–Crippen MR) is 73.5 cm³/mol. The van der Waals surface area contributed by atoms with Crippen LogP contribution in [-0.4, -0.2) is 37.7 Å². The van der Waals surface area contributed by atoms with Gasteiger partial charge in [-0.05, 0) is 45.6 Å². The van der Waals surface area contributed by atoms with Crippen molar-refractivity contribution in [3.05, 3.63) is 0 Å². The summed E-state index contributed by atoms with van der Waals surface area (Å²) in [6.45, 7) is 8.77. The zero-order valence-corrected chi connectivity index (χ0v) is 12.0. The van der Waals surface area contributed by atoms with Crippen molar-refractivity contribution in [1.82, 2.24) is 10.6 Å². The molecule has 1 aliphatic rings. The second-order valence-electron chi connectivity index (χ2n) is 5.38. The molecular formula is C14H28N2O2. The molecule has 2 unspecified atom stereocenters. The molecule has 4 heteroatoms. The van der Waals surface area contributed by atoms with Gasteiger partial charge in [0.1, 0.15) is 0 Å². The molecule has 2 atom stereocenters. The molecule has 2 N–H and O–H groups in total. The van der Waals surface area contributed by atoms with Gasteiger partial charge < -0.3 is 15.4 Å². The lowest BCUT2D eigenvalue weighted by Gasteiger charge is -2.24. The third-order valence-corrected chi connectivity index (χ3v) is 3.56. The van der Waals surface area contributed by atoms with E-state index in [2.05, 4.69) is 24.5 Å². The second kappa shape index (κ2) is 8.48. The third-order valence-electron chi connectivity index (χ3n) is 3.56. The first-order valence-corrected chi connectivity index (χ1v) is 7.25. The third kappa shape index (κ3) is 5.83. The average Bonchev–Trinajstić information content (AvgIpc) is 2.37. The first kappa shape index (κ1) is 15.4. The highest BCUT2D eigenvalue weighted by Gasteiger charge is 2.18. The highest BCUT2D eigenvalue weighted by atomic mass is 16.5. The van der Waals surface area contributed by atoms with E-state index in [1.165, 1.54) is 0 Å². The van der Waals surface area contributed by atoms with E-state index in [1.54, 1.807) is 0 Å². The molecule has 0 radical (unpaired) electrons. The molecule has 1 aliphatic heterocycles. The summed E-state index contributed by atoms with van der Waals surface area (Å²) < 4.78 is 5.33. The zero-order valence-electron chi connectivity index (χ0n) is 12.0. The summed E-state index contributed by atoms with van der Waals surface area (Å²) in [7, 11) is 0. The van der Waals surface area contributed by atoms with Crippen molar-refractivity contribution in [3.63, 3.8) is 0 Å². The standard InChI is InChI=1S/C14H28N2O2/c1-4-5-11(2)16-14(17)12(3)15-10-13-6-8-18-9-7-13/h11-13,15H,4-10H2,1-3H3,(H,16,17). The summed E-state index contributed by atoms with van der Waals surface area (Å²) in [5.74, 6) is 0.769. The second-order valence-corrected chi connectivity index (χ2v) is 5.38. The largest absolute Gasteiger partial charge is 0.381 e. The monoisotopic (exact) mass is 256 g/mol. The Balaban J connectivity index is 2.18. The lowest BCUT2D eigenvalue weighted by molar-refractivity contribution is -0.123. The predicted octanol–water partition coefficient (Wildman–Crippen LogP) is 1.70. The van der Waals surface area contributed by atoms with E-state index >= 15 is 0 Å². The average molecular weight is 256 g/mol. The Hall–Kier alpha value is -0.610. The van der Waals surface area contributed by atoms with Crippen LogP contribution >= 0.6 is 0 Å². The summed E-state index contributed by atoms with van der Waals surface area (Å²) >= 11 is 0. The van der Waals surface area contributed by atoms with E-state index in [1.807, 2.05) is 6.92 Å². The summed E-state index contributed by atoms with van der Waals surface area (Å²) in [6, 6.07) is 0.169. The summed E-state index contributed by atoms with van der Waals surface area (Å²) in [5, 5.41) is 6.37. The van der Waals surface area contributed by atoms with E-state index in [-0.39, 0.29) is 18.0 Å². The Kier molecular flexibility index (Phi) is 7.28. The normalized spacial score (nSPS) is 20.4. The summed E-state index contributed by atoms with van der Waals surface area (Å²) in [4.78, 5) is 11.9. The van der Waals surface area contributed by atoms with Crippen LogP contribution in [0.1, 0.15) is 46.5 Å². The van der Waals surface area contributed by atoms with Gasteiger partial charge in [0.25, 0.3) is 0 Å². The quantitative estimate of drug-likeness (QED) is 0.729. The number of hydrogen-bond acceptors (Lipinski definition) is 3. The van der Waals surface area contributed by atoms with Crippen LogP contribution in [0.3, 0.4) is 0 Å². The fourth-order valence-electron chi connectivity index (χ4n) is 2.26. The van der Waals surface area contributed by atoms with Crippen LogP contribution < -0.4 is 10.6 Å². The Labute approximate surface area is 111 Å². The van der Waals surface area contributed by atoms with E-state index in [0.29, 0.717) is 5.92 Å². The fraction of sp³-hybridized carbons (Fsp3) is 0.929. The lowest BCUT2D eigenvalue weighted by Crippen LogP contribution is -2.47. The minimum absolute atomic E-state index is 0.104. The van der Waals surface area contributed by atoms with Gasteiger partial charge in [-0.15, -0.1) is 0 Å². The van der Waals surface area contributed by atoms with Crippen LogP contribution in [0.4, 0.5) is 0 Å². The maximum Gasteiger partial charge on any atom is 0.237 e. The molecule has 4 nitrogen and oxygen atoms in total. The van der Waals surface area contributed by atoms with Gasteiger partial charge in [0.2, 0.25) is 5.91 Å². The smallest absolute Gasteiger partial charge is 0.237 e. The Bertz CT molecular complexity index is 240. The maximum atomic E-state index is 11.9. The zero-order chi connectivity index (χ0) is 13.4. The van der Waals surface area contributed by atoms with Gasteiger partial charge in [-0.25, -0.2) is 0 Å². The minimum Gasteiger partial charge on any atom is -0.381 e. The van der Waals surface area contributed by atoms with Crippen molar-refractivity contribution in [3.8, 4) is 0 Å². The summed E-state index contributed by atoms with van der Waals surface area (Å²) in [6.07, 6.45) is 4.35. The first-order chi connectivity index (χ1) is 8.63. The summed E-state index contributed by atoms with van der Waals surface area (Å²) in [5.41, 5.74) is 0. The van der Waals surface area contributed by atoms with Crippen molar-refractivity contribution >= 4 is 5.91 Å². The number of ether oxygens (including phenoxy) is 1. The van der Waals surface area contributed by atoms with Crippen molar-refractivity contribution < 1.29 is 9.53 Å². The molecule has 1 amide bonds. The van der Waals surface area contributed by atoms with Gasteiger partial charge in [0, 0.05) is 19.3 Å². The molecule has 1 fully saturated rings. The Morgan fingerprint density at radius 1 is 1.33 bits per heavy atom. The SMILES string of the molecule is CCCC(C)NC(=O)C(C)NCC1CCOCC1. The molecule has 0 spiro atoms. The first-order valence-electron chi connectivity index (χ1n) is 7.25. The lowest BCUT2D eigenvalue weighted by atomic mass is 10.00. The van der Waals surface area contributed by atoms with Crippen LogP contribution in [0.15, 0.2) is 0 Å². The van der Waals surface area contributed by atoms with E-state index < -0.39 is 0 Å². The number of rotatable bonds is 7. The van der Waals surface area contributed by atoms with Crippen LogP contribution in [0.25, 0.3) is 0 Å². The van der Waals surface area contributed by atoms with Gasteiger partial charge in [-0.2, -0.15) is 0 Å². The van der Waals surface area contributed by atoms with Crippen LogP contribution in [0, 0.1) is 5.92 Å². The topological polar surface area (TPSA) is 50.4 Å². The number of nitrogens with one attached hydrogen (secondary N) is 2. The maximum absolute atomic E-state index is 11.9. The van der Waals surface area contributed by atoms with Crippen LogP contribution in [0.5, 0.6) is 0 Å². The molecule has 0 aromatic rings. The number of amides is 1. The molecule has 1 heterocycles. The van der Waals surface area contributed by atoms with Crippen LogP contribution in [0.2, 0.25) is 0 Å². The molecule has 0 aliphatic carbocycles. The molecule has 106 valence electrons. The highest BCUT2D eigenvalue weighted by Crippen LogP contribution is 2.13. The number of carbonyl (C=O) groups excluding carboxylic acids is 1. The molecule has 1 rings (SSSR count). The van der Waals surface area contributed by atoms with Crippen molar-refractivity contribution in [2.45, 2.75) is 58.5 Å². The molecule has 18 heavy (non-hydrogen) atoms. The van der Waals surface area contributed by atoms with Crippen molar-refractivity contribution in [1.29, 1.82) is 0 Å². The van der Waals surface area contributed by atoms with E-state index in [9.17, 15) is 4.79 Å².